The number of ether oxygens (including phenoxy) is 8. The maximum Gasteiger partial charge on any atom is 1.00 e. The van der Waals surface area contributed by atoms with Gasteiger partial charge in [0.1, 0.15) is 36.2 Å². The van der Waals surface area contributed by atoms with Gasteiger partial charge in [-0.2, -0.15) is 0 Å². The first-order chi connectivity index (χ1) is 63.6. The number of alkyl halides is 1. The number of aliphatic hydroxyl groups excluding tert-OH is 1. The van der Waals surface area contributed by atoms with Gasteiger partial charge in [0.15, 0.2) is 41.1 Å². The molecule has 24 nitrogen and oxygen atoms in total. The molecule has 3 N–H and O–H groups in total. The normalized spacial score (nSPS) is 14.7. The molecule has 2 unspecified atom stereocenters. The number of morpholine rings is 4. The zero-order valence-electron chi connectivity index (χ0n) is 77.8. The van der Waals surface area contributed by atoms with Crippen LogP contribution in [0, 0.1) is 18.6 Å². The minimum absolute atomic E-state index is 0. The van der Waals surface area contributed by atoms with E-state index in [4.69, 9.17) is 71.9 Å². The largest absolute Gasteiger partial charge is 1.00 e. The predicted molar refractivity (Wildman–Crippen MR) is 515 cm³/mol. The molecule has 700 valence electrons. The molecule has 0 saturated carbocycles. The second kappa shape index (κ2) is 52.3. The van der Waals surface area contributed by atoms with E-state index in [0.717, 1.165) is 29.6 Å². The second-order valence-electron chi connectivity index (χ2n) is 33.8. The van der Waals surface area contributed by atoms with Gasteiger partial charge in [-0.25, -0.2) is 8.78 Å². The van der Waals surface area contributed by atoms with Crippen molar-refractivity contribution in [1.29, 1.82) is 0 Å². The number of aliphatic carboxylic acids is 1. The number of anilines is 5. The third-order valence-corrected chi connectivity index (χ3v) is 21.5. The summed E-state index contributed by atoms with van der Waals surface area (Å²) in [6.45, 7) is 27.5. The molecule has 4 aliphatic heterocycles. The van der Waals surface area contributed by atoms with Crippen molar-refractivity contribution in [3.05, 3.63) is 306 Å². The molecule has 6 heterocycles. The van der Waals surface area contributed by atoms with Crippen LogP contribution in [0.1, 0.15) is 102 Å². The minimum atomic E-state index is -1.49. The summed E-state index contributed by atoms with van der Waals surface area (Å²) in [6, 6.07) is 75.1. The van der Waals surface area contributed by atoms with Crippen LogP contribution in [0.5, 0.6) is 34.5 Å². The molecular weight excluding hydrogens is 1750 g/mol. The summed E-state index contributed by atoms with van der Waals surface area (Å²) in [6.07, 6.45) is 2.16. The van der Waals surface area contributed by atoms with Crippen LogP contribution in [0.2, 0.25) is 0 Å². The summed E-state index contributed by atoms with van der Waals surface area (Å²) in [5.74, 6) is -1.64. The fraction of sp³-hybridized carbons (Fsp3) is 0.305. The number of aryl methyl sites for hydroxylation is 1. The number of carbonyl (C=O) groups is 7. The van der Waals surface area contributed by atoms with Gasteiger partial charge in [-0.05, 0) is 190 Å². The number of hydrogen-bond donors (Lipinski definition) is 2. The molecule has 29 heteroatoms. The van der Waals surface area contributed by atoms with Gasteiger partial charge in [-0.15, -0.1) is 11.6 Å². The maximum absolute atomic E-state index is 14.9. The monoisotopic (exact) mass is 1860 g/mol. The molecule has 134 heavy (non-hydrogen) atoms. The molecule has 4 amide bonds. The first kappa shape index (κ1) is 107. The summed E-state index contributed by atoms with van der Waals surface area (Å²) in [4.78, 5) is 95.4. The van der Waals surface area contributed by atoms with Crippen molar-refractivity contribution < 1.29 is 109 Å². The van der Waals surface area contributed by atoms with Gasteiger partial charge in [0.05, 0.1) is 63.5 Å². The number of methoxy groups -OCH3 is 2. The van der Waals surface area contributed by atoms with E-state index in [1.165, 1.54) is 61.9 Å². The summed E-state index contributed by atoms with van der Waals surface area (Å²) < 4.78 is 71.0. The number of aliphatic hydroxyl groups is 1. The van der Waals surface area contributed by atoms with Crippen molar-refractivity contribution in [3.63, 3.8) is 0 Å². The Morgan fingerprint density at radius 3 is 1.25 bits per heavy atom. The second-order valence-corrected chi connectivity index (χ2v) is 34.5. The number of para-hydroxylation sites is 4. The van der Waals surface area contributed by atoms with Gasteiger partial charge in [0.25, 0.3) is 23.6 Å². The summed E-state index contributed by atoms with van der Waals surface area (Å²) >= 11 is 9.55. The molecule has 12 aromatic rings. The number of aromatic nitrogens is 2. The van der Waals surface area contributed by atoms with Crippen molar-refractivity contribution in [2.24, 2.45) is 0 Å². The Morgan fingerprint density at radius 1 is 0.493 bits per heavy atom. The molecule has 2 atom stereocenters. The molecule has 2 aromatic heterocycles. The summed E-state index contributed by atoms with van der Waals surface area (Å²) in [5, 5.41) is 20.2. The molecule has 4 saturated heterocycles. The van der Waals surface area contributed by atoms with Crippen LogP contribution in [0.3, 0.4) is 0 Å². The number of fused-ring (bicyclic) bond motifs is 2. The van der Waals surface area contributed by atoms with Crippen molar-refractivity contribution >= 4 is 114 Å². The quantitative estimate of drug-likeness (QED) is 0.0265. The summed E-state index contributed by atoms with van der Waals surface area (Å²) in [5.41, 5.74) is 18.7. The standard InChI is InChI=1S/C28H23FN2O5.C19H32.C16H13FN2O2.C11H11NO4.2C10H11NO2.C9H12O.C2H2Cl2O.Li/c1-34-20-8-9-21-23(17-20)30-12-11-25(21)36-26-10-7-18(15-22(26)29)16-24(32)27-28(33)31(13-14-35-27)19-5-3-2-4-6-19;1-13-15(18(5,6)7)11-14(17(2,3)4)12-16(13)19(8,9)10;1-20-11-3-4-12-14(9-11)19-7-6-15(12)21-16-5-2-10(18)8-13(16)17;13-10-9(11(14)15)16-7-6-12(10)8-4-2-1-3-5-8;2*12-10-8-13-7-6-11(10)9-4-2-1-3-5-9;10-8-4-7-9-5-2-1-3-6-9;3-1-2(4)5;/h2-12,15,17,27H,13-14,16H2,1H3;11-12H,1-10H3;2-9H,18H2,1H3;1-5,9H,6-7H2,(H,14,15);2*1-5H,6-8H2;1-3,5-6,10H,4,7-8H2;1H2;/q;;;;;;;;+1/p-1. The first-order valence-corrected chi connectivity index (χ1v) is 44.2. The van der Waals surface area contributed by atoms with E-state index in [-0.39, 0.29) is 104 Å². The summed E-state index contributed by atoms with van der Waals surface area (Å²) in [7, 11) is 3.16. The number of carboxylic acid groups (broad SMARTS) is 1. The zero-order valence-corrected chi connectivity index (χ0v) is 79.4. The molecule has 0 aliphatic carbocycles. The fourth-order valence-corrected chi connectivity index (χ4v) is 14.2. The van der Waals surface area contributed by atoms with Crippen molar-refractivity contribution in [2.75, 3.05) is 118 Å². The number of carbonyl (C=O) groups excluding carboxylic acids is 7. The van der Waals surface area contributed by atoms with Gasteiger partial charge in [0.2, 0.25) is 5.24 Å². The Morgan fingerprint density at radius 2 is 0.881 bits per heavy atom. The average Bonchev–Trinajstić information content (AvgIpc) is 0.763. The number of nitrogen functional groups attached to an aromatic ring is 1. The topological polar surface area (TPSA) is 301 Å². The maximum atomic E-state index is 14.9. The third kappa shape index (κ3) is 31.9. The Hall–Kier alpha value is -12.5. The van der Waals surface area contributed by atoms with Crippen molar-refractivity contribution in [1.82, 2.24) is 9.97 Å². The number of pyridine rings is 2. The van der Waals surface area contributed by atoms with Crippen LogP contribution < -0.4 is 68.2 Å². The molecule has 16 rings (SSSR count). The number of nitrogens with zero attached hydrogens (tertiary/aromatic N) is 6. The smallest absolute Gasteiger partial charge is 0.547 e. The Kier molecular flexibility index (Phi) is 41.7. The average molecular weight is 1860 g/mol. The van der Waals surface area contributed by atoms with Crippen molar-refractivity contribution in [3.8, 4) is 34.5 Å². The fourth-order valence-electron chi connectivity index (χ4n) is 14.2. The van der Waals surface area contributed by atoms with E-state index >= 15 is 0 Å². The number of carboxylic acids is 1. The zero-order chi connectivity index (χ0) is 96.4. The van der Waals surface area contributed by atoms with E-state index in [2.05, 4.69) is 103 Å². The van der Waals surface area contributed by atoms with E-state index in [0.29, 0.717) is 101 Å². The Bertz CT molecular complexity index is 5750. The van der Waals surface area contributed by atoms with Crippen LogP contribution in [0.4, 0.5) is 37.2 Å². The molecule has 4 fully saturated rings. The van der Waals surface area contributed by atoms with Crippen molar-refractivity contribution in [2.45, 2.75) is 117 Å². The van der Waals surface area contributed by atoms with Crippen LogP contribution in [-0.2, 0) is 81.6 Å². The number of rotatable bonds is 18. The minimum Gasteiger partial charge on any atom is -0.547 e. The SMILES string of the molecule is COc1ccc2c(Oc3ccc(CC(=O)C4OCCN(c5ccccc5)C4=O)cc3F)ccnc2c1.COc1ccc2c(Oc3ccc(N)cc3F)ccnc2c1.Cc1c(C(C)(C)C)cc(C(C)(C)C)cc1C(C)(C)C.O=C(Cl)CCl.O=C([O-])C1OCCN(c2ccccc2)C1=O.O=C1COCCN1c1ccccc1.O=C1COCCN1c1ccccc1.OCCCc1ccccc1.[Li+]. The van der Waals surface area contributed by atoms with E-state index in [1.54, 1.807) is 127 Å². The molecule has 0 spiro atoms. The van der Waals surface area contributed by atoms with E-state index < -0.39 is 52.7 Å². The molecule has 4 aliphatic rings. The van der Waals surface area contributed by atoms with Gasteiger partial charge < -0.3 is 78.2 Å². The van der Waals surface area contributed by atoms with Gasteiger partial charge in [-0.3, -0.25) is 38.7 Å². The Balaban J connectivity index is 0.000000198. The third-order valence-electron chi connectivity index (χ3n) is 21.0. The van der Waals surface area contributed by atoms with Crippen LogP contribution in [0.15, 0.2) is 261 Å². The van der Waals surface area contributed by atoms with Crippen LogP contribution in [-0.4, -0.2) is 160 Å². The van der Waals surface area contributed by atoms with Gasteiger partial charge >= 0.3 is 18.9 Å². The molecular formula is C105H114Cl2F2LiN7O17. The van der Waals surface area contributed by atoms with E-state index in [1.807, 2.05) is 109 Å². The number of hydrogen-bond acceptors (Lipinski definition) is 20. The molecule has 0 radical (unpaired) electrons. The number of ketones is 1. The number of benzene rings is 10. The number of amides is 4. The Labute approximate surface area is 803 Å². The number of Topliss-reactive ketones (excluding diaryl/α,β-unsaturated/α-hetero) is 1. The first-order valence-electron chi connectivity index (χ1n) is 43.3. The predicted octanol–water partition coefficient (Wildman–Crippen LogP) is 15.2. The van der Waals surface area contributed by atoms with Crippen LogP contribution in [0.25, 0.3) is 21.8 Å². The van der Waals surface area contributed by atoms with Gasteiger partial charge in [-0.1, -0.05) is 184 Å². The van der Waals surface area contributed by atoms with Gasteiger partial charge in [0, 0.05) is 109 Å². The molecule has 0 bridgehead atoms. The molecule has 10 aromatic carbocycles. The number of nitrogens with two attached hydrogens (primary N) is 1. The number of halogens is 4. The van der Waals surface area contributed by atoms with Crippen LogP contribution >= 0.6 is 23.2 Å². The van der Waals surface area contributed by atoms with E-state index in [9.17, 15) is 47.4 Å².